The Kier molecular flexibility index (Phi) is 4.50. The minimum absolute atomic E-state index is 0.523. The third-order valence-electron chi connectivity index (χ3n) is 5.68. The van der Waals surface area contributed by atoms with E-state index >= 15 is 0 Å². The number of aromatic nitrogens is 4. The molecule has 0 N–H and O–H groups in total. The summed E-state index contributed by atoms with van der Waals surface area (Å²) < 4.78 is 1.20. The SMILES string of the molecule is CN(C)c1cc(N(C2CC2)C2CCN(c3ncnc4ccsc34)CC2)ncn1. The van der Waals surface area contributed by atoms with Crippen molar-refractivity contribution in [3.63, 3.8) is 0 Å². The lowest BCUT2D eigenvalue weighted by atomic mass is 10.0. The lowest BCUT2D eigenvalue weighted by molar-refractivity contribution is 0.458. The van der Waals surface area contributed by atoms with Gasteiger partial charge in [-0.2, -0.15) is 0 Å². The van der Waals surface area contributed by atoms with E-state index in [4.69, 9.17) is 0 Å². The molecule has 0 unspecified atom stereocenters. The zero-order chi connectivity index (χ0) is 19.1. The second kappa shape index (κ2) is 7.16. The molecule has 0 bridgehead atoms. The van der Waals surface area contributed by atoms with Gasteiger partial charge in [-0.25, -0.2) is 19.9 Å². The maximum atomic E-state index is 4.63. The van der Waals surface area contributed by atoms with Gasteiger partial charge in [-0.05, 0) is 37.1 Å². The van der Waals surface area contributed by atoms with Crippen LogP contribution in [-0.4, -0.2) is 59.2 Å². The molecular weight excluding hydrogens is 370 g/mol. The summed E-state index contributed by atoms with van der Waals surface area (Å²) in [5.74, 6) is 3.13. The van der Waals surface area contributed by atoms with Gasteiger partial charge >= 0.3 is 0 Å². The van der Waals surface area contributed by atoms with Gasteiger partial charge in [0.05, 0.1) is 10.2 Å². The van der Waals surface area contributed by atoms with Gasteiger partial charge in [-0.1, -0.05) is 0 Å². The quantitative estimate of drug-likeness (QED) is 0.657. The lowest BCUT2D eigenvalue weighted by Gasteiger charge is -2.40. The molecule has 3 aromatic rings. The van der Waals surface area contributed by atoms with E-state index in [9.17, 15) is 0 Å². The molecule has 8 heteroatoms. The first kappa shape index (κ1) is 17.6. The van der Waals surface area contributed by atoms with Gasteiger partial charge in [0, 0.05) is 45.3 Å². The number of thiophene rings is 1. The number of nitrogens with zero attached hydrogens (tertiary/aromatic N) is 7. The van der Waals surface area contributed by atoms with Crippen molar-refractivity contribution in [1.29, 1.82) is 0 Å². The van der Waals surface area contributed by atoms with Gasteiger partial charge in [-0.3, -0.25) is 0 Å². The smallest absolute Gasteiger partial charge is 0.150 e. The fraction of sp³-hybridized carbons (Fsp3) is 0.500. The maximum absolute atomic E-state index is 4.63. The summed E-state index contributed by atoms with van der Waals surface area (Å²) in [5.41, 5.74) is 1.05. The topological polar surface area (TPSA) is 61.3 Å². The highest BCUT2D eigenvalue weighted by atomic mass is 32.1. The normalized spacial score (nSPS) is 17.9. The molecule has 0 spiro atoms. The van der Waals surface area contributed by atoms with Crippen molar-refractivity contribution in [2.75, 3.05) is 41.9 Å². The van der Waals surface area contributed by atoms with E-state index in [1.54, 1.807) is 24.0 Å². The summed E-state index contributed by atoms with van der Waals surface area (Å²) in [7, 11) is 4.05. The predicted molar refractivity (Wildman–Crippen MR) is 115 cm³/mol. The Morgan fingerprint density at radius 2 is 1.64 bits per heavy atom. The molecule has 1 saturated carbocycles. The number of anilines is 3. The first-order valence-corrected chi connectivity index (χ1v) is 10.8. The van der Waals surface area contributed by atoms with Gasteiger partial charge in [0.25, 0.3) is 0 Å². The Balaban J connectivity index is 1.35. The van der Waals surface area contributed by atoms with Crippen LogP contribution in [0.5, 0.6) is 0 Å². The van der Waals surface area contributed by atoms with Gasteiger partial charge in [-0.15, -0.1) is 11.3 Å². The minimum Gasteiger partial charge on any atom is -0.363 e. The van der Waals surface area contributed by atoms with Crippen LogP contribution in [0.1, 0.15) is 25.7 Å². The average Bonchev–Trinajstić information content (AvgIpc) is 3.43. The number of piperidine rings is 1. The molecule has 2 fully saturated rings. The van der Waals surface area contributed by atoms with E-state index in [0.717, 1.165) is 48.9 Å². The highest BCUT2D eigenvalue weighted by molar-refractivity contribution is 7.17. The van der Waals surface area contributed by atoms with Crippen LogP contribution in [-0.2, 0) is 0 Å². The van der Waals surface area contributed by atoms with Gasteiger partial charge in [0.15, 0.2) is 0 Å². The van der Waals surface area contributed by atoms with Gasteiger partial charge < -0.3 is 14.7 Å². The molecule has 5 rings (SSSR count). The summed E-state index contributed by atoms with van der Waals surface area (Å²) in [4.78, 5) is 25.0. The molecule has 146 valence electrons. The first-order valence-electron chi connectivity index (χ1n) is 9.91. The Labute approximate surface area is 169 Å². The zero-order valence-electron chi connectivity index (χ0n) is 16.3. The molecule has 4 heterocycles. The molecular formula is C20H25N7S. The number of fused-ring (bicyclic) bond motifs is 1. The standard InChI is InChI=1S/C20H25N7S/c1-25(2)17-11-18(23-13-22-17)27(14-3-4-14)15-5-8-26(9-6-15)20-19-16(7-10-28-19)21-12-24-20/h7,10-15H,3-6,8-9H2,1-2H3. The zero-order valence-corrected chi connectivity index (χ0v) is 17.1. The van der Waals surface area contributed by atoms with E-state index in [2.05, 4.69) is 47.2 Å². The van der Waals surface area contributed by atoms with Crippen molar-refractivity contribution in [2.45, 2.75) is 37.8 Å². The summed E-state index contributed by atoms with van der Waals surface area (Å²) in [5, 5.41) is 2.10. The second-order valence-corrected chi connectivity index (χ2v) is 8.73. The van der Waals surface area contributed by atoms with E-state index < -0.39 is 0 Å². The molecule has 1 aliphatic carbocycles. The van der Waals surface area contributed by atoms with Crippen LogP contribution < -0.4 is 14.7 Å². The number of hydrogen-bond donors (Lipinski definition) is 0. The van der Waals surface area contributed by atoms with Crippen LogP contribution in [0.25, 0.3) is 10.2 Å². The van der Waals surface area contributed by atoms with E-state index in [1.165, 1.54) is 17.5 Å². The van der Waals surface area contributed by atoms with Crippen molar-refractivity contribution in [3.8, 4) is 0 Å². The van der Waals surface area contributed by atoms with Crippen LogP contribution in [0.3, 0.4) is 0 Å². The van der Waals surface area contributed by atoms with Crippen LogP contribution in [0.2, 0.25) is 0 Å². The van der Waals surface area contributed by atoms with E-state index in [-0.39, 0.29) is 0 Å². The molecule has 3 aromatic heterocycles. The molecule has 7 nitrogen and oxygen atoms in total. The summed E-state index contributed by atoms with van der Waals surface area (Å²) in [6.07, 6.45) is 8.16. The Hall–Kier alpha value is -2.48. The summed E-state index contributed by atoms with van der Waals surface area (Å²) in [6.45, 7) is 2.03. The Bertz CT molecular complexity index is 960. The van der Waals surface area contributed by atoms with Crippen molar-refractivity contribution >= 4 is 39.0 Å². The highest BCUT2D eigenvalue weighted by Crippen LogP contribution is 2.37. The Morgan fingerprint density at radius 3 is 2.39 bits per heavy atom. The first-order chi connectivity index (χ1) is 13.7. The summed E-state index contributed by atoms with van der Waals surface area (Å²) in [6, 6.07) is 5.35. The predicted octanol–water partition coefficient (Wildman–Crippen LogP) is 3.19. The molecule has 0 amide bonds. The maximum Gasteiger partial charge on any atom is 0.150 e. The number of hydrogen-bond acceptors (Lipinski definition) is 8. The largest absolute Gasteiger partial charge is 0.363 e. The van der Waals surface area contributed by atoms with Gasteiger partial charge in [0.2, 0.25) is 0 Å². The van der Waals surface area contributed by atoms with Crippen LogP contribution >= 0.6 is 11.3 Å². The highest BCUT2D eigenvalue weighted by Gasteiger charge is 2.37. The monoisotopic (exact) mass is 395 g/mol. The summed E-state index contributed by atoms with van der Waals surface area (Å²) >= 11 is 1.73. The fourth-order valence-electron chi connectivity index (χ4n) is 4.10. The fourth-order valence-corrected chi connectivity index (χ4v) is 4.97. The lowest BCUT2D eigenvalue weighted by Crippen LogP contribution is -2.46. The second-order valence-electron chi connectivity index (χ2n) is 7.82. The van der Waals surface area contributed by atoms with Crippen molar-refractivity contribution < 1.29 is 0 Å². The molecule has 0 radical (unpaired) electrons. The van der Waals surface area contributed by atoms with Crippen LogP contribution in [0, 0.1) is 0 Å². The van der Waals surface area contributed by atoms with E-state index in [1.807, 2.05) is 19.0 Å². The van der Waals surface area contributed by atoms with Crippen LogP contribution in [0.4, 0.5) is 17.5 Å². The Morgan fingerprint density at radius 1 is 0.929 bits per heavy atom. The third-order valence-corrected chi connectivity index (χ3v) is 6.58. The third kappa shape index (κ3) is 3.26. The van der Waals surface area contributed by atoms with E-state index in [0.29, 0.717) is 12.1 Å². The van der Waals surface area contributed by atoms with Crippen molar-refractivity contribution in [3.05, 3.63) is 30.2 Å². The molecule has 0 atom stereocenters. The van der Waals surface area contributed by atoms with Crippen LogP contribution in [0.15, 0.2) is 30.2 Å². The number of rotatable bonds is 5. The molecule has 0 aromatic carbocycles. The minimum atomic E-state index is 0.523. The molecule has 1 saturated heterocycles. The average molecular weight is 396 g/mol. The molecule has 28 heavy (non-hydrogen) atoms. The van der Waals surface area contributed by atoms with Crippen molar-refractivity contribution in [1.82, 2.24) is 19.9 Å². The molecule has 1 aliphatic heterocycles. The van der Waals surface area contributed by atoms with Gasteiger partial charge in [0.1, 0.15) is 30.1 Å². The van der Waals surface area contributed by atoms with Crippen molar-refractivity contribution in [2.24, 2.45) is 0 Å². The molecule has 2 aliphatic rings.